The Balaban J connectivity index is 1.43. The molecule has 2 aromatic rings. The van der Waals surface area contributed by atoms with Gasteiger partial charge in [-0.25, -0.2) is 4.98 Å². The van der Waals surface area contributed by atoms with Crippen LogP contribution in [-0.4, -0.2) is 72.8 Å². The first-order chi connectivity index (χ1) is 12.9. The molecule has 1 amide bonds. The summed E-state index contributed by atoms with van der Waals surface area (Å²) in [6.07, 6.45) is -3.74. The second-order valence-electron chi connectivity index (χ2n) is 6.54. The van der Waals surface area contributed by atoms with Crippen LogP contribution in [-0.2, 0) is 4.74 Å². The maximum Gasteiger partial charge on any atom is 0.411 e. The van der Waals surface area contributed by atoms with Gasteiger partial charge in [-0.05, 0) is 18.6 Å². The van der Waals surface area contributed by atoms with Gasteiger partial charge in [-0.2, -0.15) is 13.2 Å². The third-order valence-electron chi connectivity index (χ3n) is 4.51. The lowest BCUT2D eigenvalue weighted by Gasteiger charge is -2.34. The number of nitrogens with zero attached hydrogens (tertiary/aromatic N) is 3. The molecule has 1 saturated heterocycles. The van der Waals surface area contributed by atoms with Crippen molar-refractivity contribution in [1.82, 2.24) is 14.8 Å². The minimum absolute atomic E-state index is 0.0830. The minimum atomic E-state index is -4.28. The van der Waals surface area contributed by atoms with Crippen LogP contribution in [0.4, 0.5) is 13.2 Å². The Morgan fingerprint density at radius 3 is 2.56 bits per heavy atom. The van der Waals surface area contributed by atoms with Crippen molar-refractivity contribution < 1.29 is 22.7 Å². The van der Waals surface area contributed by atoms with Gasteiger partial charge >= 0.3 is 6.18 Å². The number of piperazine rings is 1. The number of aromatic nitrogens is 1. The van der Waals surface area contributed by atoms with Gasteiger partial charge in [-0.1, -0.05) is 24.3 Å². The Morgan fingerprint density at radius 2 is 1.81 bits per heavy atom. The maximum absolute atomic E-state index is 12.7. The molecule has 27 heavy (non-hydrogen) atoms. The molecule has 5 nitrogen and oxygen atoms in total. The first-order valence-corrected chi connectivity index (χ1v) is 8.94. The zero-order valence-corrected chi connectivity index (χ0v) is 14.9. The van der Waals surface area contributed by atoms with Crippen LogP contribution in [0, 0.1) is 0 Å². The van der Waals surface area contributed by atoms with E-state index in [-0.39, 0.29) is 12.5 Å². The molecule has 146 valence electrons. The Labute approximate surface area is 155 Å². The van der Waals surface area contributed by atoms with Gasteiger partial charge in [0.15, 0.2) is 0 Å². The van der Waals surface area contributed by atoms with Crippen LogP contribution in [0.5, 0.6) is 0 Å². The third-order valence-corrected chi connectivity index (χ3v) is 4.51. The number of alkyl halides is 3. The van der Waals surface area contributed by atoms with Crippen molar-refractivity contribution in [2.45, 2.75) is 12.6 Å². The molecule has 0 saturated carbocycles. The summed E-state index contributed by atoms with van der Waals surface area (Å²) in [7, 11) is 0. The number of hydrogen-bond acceptors (Lipinski definition) is 4. The fourth-order valence-corrected chi connectivity index (χ4v) is 3.10. The summed E-state index contributed by atoms with van der Waals surface area (Å²) in [5, 5.41) is 0.992. The van der Waals surface area contributed by atoms with Gasteiger partial charge in [0.25, 0.3) is 5.91 Å². The molecule has 0 bridgehead atoms. The molecule has 0 atom stereocenters. The smallest absolute Gasteiger partial charge is 0.372 e. The number of amides is 1. The van der Waals surface area contributed by atoms with E-state index in [0.717, 1.165) is 10.9 Å². The second-order valence-corrected chi connectivity index (χ2v) is 6.54. The summed E-state index contributed by atoms with van der Waals surface area (Å²) in [5.41, 5.74) is 1.23. The van der Waals surface area contributed by atoms with Crippen molar-refractivity contribution in [1.29, 1.82) is 0 Å². The van der Waals surface area contributed by atoms with Gasteiger partial charge in [0.1, 0.15) is 12.3 Å². The van der Waals surface area contributed by atoms with Gasteiger partial charge in [0, 0.05) is 44.7 Å². The summed E-state index contributed by atoms with van der Waals surface area (Å²) in [4.78, 5) is 21.0. The summed E-state index contributed by atoms with van der Waals surface area (Å²) >= 11 is 0. The molecule has 0 aliphatic carbocycles. The van der Waals surface area contributed by atoms with Crippen LogP contribution < -0.4 is 0 Å². The van der Waals surface area contributed by atoms with Gasteiger partial charge in [-0.3, -0.25) is 9.69 Å². The molecule has 0 N–H and O–H groups in total. The zero-order chi connectivity index (χ0) is 19.3. The fourth-order valence-electron chi connectivity index (χ4n) is 3.10. The van der Waals surface area contributed by atoms with Crippen LogP contribution in [0.15, 0.2) is 36.4 Å². The molecule has 2 heterocycles. The van der Waals surface area contributed by atoms with Crippen LogP contribution in [0.1, 0.15) is 16.9 Å². The molecule has 1 aromatic heterocycles. The third kappa shape index (κ3) is 5.64. The van der Waals surface area contributed by atoms with Crippen molar-refractivity contribution in [3.63, 3.8) is 0 Å². The van der Waals surface area contributed by atoms with Crippen LogP contribution >= 0.6 is 0 Å². The molecular formula is C19H22F3N3O2. The van der Waals surface area contributed by atoms with Crippen molar-refractivity contribution in [3.8, 4) is 0 Å². The average Bonchev–Trinajstić information content (AvgIpc) is 2.66. The number of fused-ring (bicyclic) bond motifs is 1. The van der Waals surface area contributed by atoms with E-state index in [1.165, 1.54) is 0 Å². The predicted octanol–water partition coefficient (Wildman–Crippen LogP) is 2.96. The maximum atomic E-state index is 12.7. The van der Waals surface area contributed by atoms with Gasteiger partial charge in [0.2, 0.25) is 0 Å². The molecule has 0 unspecified atom stereocenters. The van der Waals surface area contributed by atoms with Gasteiger partial charge in [0.05, 0.1) is 5.52 Å². The van der Waals surface area contributed by atoms with E-state index in [4.69, 9.17) is 0 Å². The van der Waals surface area contributed by atoms with Gasteiger partial charge in [-0.15, -0.1) is 0 Å². The number of ether oxygens (including phenoxy) is 1. The number of pyridine rings is 1. The number of para-hydroxylation sites is 1. The van der Waals surface area contributed by atoms with Crippen LogP contribution in [0.2, 0.25) is 0 Å². The van der Waals surface area contributed by atoms with Crippen molar-refractivity contribution in [2.24, 2.45) is 0 Å². The van der Waals surface area contributed by atoms with E-state index in [1.807, 2.05) is 30.3 Å². The molecule has 1 aromatic carbocycles. The van der Waals surface area contributed by atoms with E-state index < -0.39 is 12.8 Å². The Bertz CT molecular complexity index is 774. The average molecular weight is 381 g/mol. The van der Waals surface area contributed by atoms with E-state index in [2.05, 4.69) is 14.6 Å². The molecule has 1 aliphatic heterocycles. The fraction of sp³-hybridized carbons (Fsp3) is 0.474. The lowest BCUT2D eigenvalue weighted by Crippen LogP contribution is -2.49. The number of hydrogen-bond donors (Lipinski definition) is 0. The molecule has 8 heteroatoms. The number of rotatable bonds is 6. The SMILES string of the molecule is O=C(c1ccc2ccccc2n1)N1CCN(CCCOCC(F)(F)F)CC1. The van der Waals surface area contributed by atoms with E-state index in [1.54, 1.807) is 11.0 Å². The van der Waals surface area contributed by atoms with Crippen molar-refractivity contribution in [3.05, 3.63) is 42.1 Å². The molecule has 3 rings (SSSR count). The highest BCUT2D eigenvalue weighted by atomic mass is 19.4. The zero-order valence-electron chi connectivity index (χ0n) is 14.9. The van der Waals surface area contributed by atoms with E-state index in [0.29, 0.717) is 44.8 Å². The standard InChI is InChI=1S/C19H22F3N3O2/c20-19(21,22)14-27-13-3-8-24-9-11-25(12-10-24)18(26)17-7-6-15-4-1-2-5-16(15)23-17/h1-2,4-7H,3,8-14H2. The van der Waals surface area contributed by atoms with Crippen molar-refractivity contribution >= 4 is 16.8 Å². The summed E-state index contributed by atoms with van der Waals surface area (Å²) in [5.74, 6) is -0.0890. The first-order valence-electron chi connectivity index (χ1n) is 8.94. The number of carbonyl (C=O) groups is 1. The van der Waals surface area contributed by atoms with Crippen molar-refractivity contribution in [2.75, 3.05) is 45.9 Å². The van der Waals surface area contributed by atoms with E-state index in [9.17, 15) is 18.0 Å². The highest BCUT2D eigenvalue weighted by Crippen LogP contribution is 2.15. The topological polar surface area (TPSA) is 45.7 Å². The lowest BCUT2D eigenvalue weighted by molar-refractivity contribution is -0.174. The van der Waals surface area contributed by atoms with Gasteiger partial charge < -0.3 is 9.64 Å². The number of halogens is 3. The summed E-state index contributed by atoms with van der Waals surface area (Å²) in [6.45, 7) is 2.09. The van der Waals surface area contributed by atoms with E-state index >= 15 is 0 Å². The normalized spacial score (nSPS) is 16.0. The summed E-state index contributed by atoms with van der Waals surface area (Å²) in [6, 6.07) is 11.3. The quantitative estimate of drug-likeness (QED) is 0.722. The Hall–Kier alpha value is -2.19. The first kappa shape index (κ1) is 19.6. The summed E-state index contributed by atoms with van der Waals surface area (Å²) < 4.78 is 40.6. The molecular weight excluding hydrogens is 359 g/mol. The molecule has 1 aliphatic rings. The highest BCUT2D eigenvalue weighted by Gasteiger charge is 2.27. The monoisotopic (exact) mass is 381 g/mol. The molecule has 1 fully saturated rings. The highest BCUT2D eigenvalue weighted by molar-refractivity contribution is 5.95. The van der Waals surface area contributed by atoms with Crippen LogP contribution in [0.3, 0.4) is 0 Å². The minimum Gasteiger partial charge on any atom is -0.372 e. The molecule has 0 spiro atoms. The number of carbonyl (C=O) groups excluding carboxylic acids is 1. The second kappa shape index (κ2) is 8.67. The Kier molecular flexibility index (Phi) is 6.28. The van der Waals surface area contributed by atoms with Crippen LogP contribution in [0.25, 0.3) is 10.9 Å². The Morgan fingerprint density at radius 1 is 1.07 bits per heavy atom. The molecule has 0 radical (unpaired) electrons. The largest absolute Gasteiger partial charge is 0.411 e. The lowest BCUT2D eigenvalue weighted by atomic mass is 10.2. The number of benzene rings is 1. The predicted molar refractivity (Wildman–Crippen MR) is 95.6 cm³/mol.